The number of aromatic nitrogens is 4. The summed E-state index contributed by atoms with van der Waals surface area (Å²) in [4.78, 5) is 22.1. The van der Waals surface area contributed by atoms with E-state index in [0.29, 0.717) is 18.9 Å². The van der Waals surface area contributed by atoms with Gasteiger partial charge in [0.15, 0.2) is 5.65 Å². The molecule has 0 aliphatic carbocycles. The summed E-state index contributed by atoms with van der Waals surface area (Å²) in [7, 11) is 0. The van der Waals surface area contributed by atoms with E-state index in [2.05, 4.69) is 37.3 Å². The van der Waals surface area contributed by atoms with Crippen molar-refractivity contribution in [2.75, 3.05) is 18.8 Å². The minimum atomic E-state index is -0.169. The van der Waals surface area contributed by atoms with Crippen LogP contribution < -0.4 is 5.73 Å². The molecule has 1 amide bonds. The average molecular weight is 314 g/mol. The Balaban J connectivity index is 2.08. The first-order valence-electron chi connectivity index (χ1n) is 7.73. The van der Waals surface area contributed by atoms with Crippen molar-refractivity contribution in [2.45, 2.75) is 38.6 Å². The van der Waals surface area contributed by atoms with Crippen LogP contribution in [0.3, 0.4) is 0 Å². The third kappa shape index (κ3) is 2.56. The molecule has 3 heterocycles. The van der Waals surface area contributed by atoms with Crippen molar-refractivity contribution in [1.29, 1.82) is 0 Å². The number of hydrogen-bond donors (Lipinski definition) is 1. The van der Waals surface area contributed by atoms with Crippen molar-refractivity contribution < 1.29 is 4.79 Å². The molecule has 3 rings (SSSR count). The first-order valence-corrected chi connectivity index (χ1v) is 7.73. The molecule has 0 unspecified atom stereocenters. The van der Waals surface area contributed by atoms with Gasteiger partial charge in [0.25, 0.3) is 0 Å². The first-order chi connectivity index (χ1) is 10.8. The van der Waals surface area contributed by atoms with Crippen molar-refractivity contribution >= 4 is 22.8 Å². The second-order valence-corrected chi connectivity index (χ2v) is 6.93. The van der Waals surface area contributed by atoms with Crippen molar-refractivity contribution in [2.24, 2.45) is 0 Å². The molecule has 2 aromatic heterocycles. The van der Waals surface area contributed by atoms with Crippen LogP contribution in [0.25, 0.3) is 11.0 Å². The Morgan fingerprint density at radius 2 is 2.17 bits per heavy atom. The van der Waals surface area contributed by atoms with Crippen LogP contribution in [0, 0.1) is 0 Å². The quantitative estimate of drug-likeness (QED) is 0.852. The Kier molecular flexibility index (Phi) is 3.58. The van der Waals surface area contributed by atoms with Crippen molar-refractivity contribution in [1.82, 2.24) is 24.6 Å². The summed E-state index contributed by atoms with van der Waals surface area (Å²) in [5, 5.41) is 5.61. The monoisotopic (exact) mass is 314 g/mol. The highest BCUT2D eigenvalue weighted by Gasteiger charge is 2.32. The second-order valence-electron chi connectivity index (χ2n) is 6.93. The van der Waals surface area contributed by atoms with E-state index in [9.17, 15) is 4.79 Å². The maximum absolute atomic E-state index is 11.8. The number of fused-ring (bicyclic) bond motifs is 1. The summed E-state index contributed by atoms with van der Waals surface area (Å²) in [6.45, 7) is 11.1. The summed E-state index contributed by atoms with van der Waals surface area (Å²) >= 11 is 0. The van der Waals surface area contributed by atoms with E-state index < -0.39 is 0 Å². The van der Waals surface area contributed by atoms with Gasteiger partial charge in [-0.25, -0.2) is 14.6 Å². The number of hydrogen-bond acceptors (Lipinski definition) is 5. The van der Waals surface area contributed by atoms with E-state index in [1.165, 1.54) is 12.4 Å². The van der Waals surface area contributed by atoms with Crippen LogP contribution in [0.5, 0.6) is 0 Å². The van der Waals surface area contributed by atoms with Gasteiger partial charge in [0, 0.05) is 18.5 Å². The molecule has 2 N–H and O–H groups in total. The standard InChI is InChI=1S/C16H22N6O/c1-5-11(23)21-7-6-10(8-21)22-15-12(14(17)18-9-19-15)13(20-22)16(2,3)4/h5,9-10H,1,6-8H2,2-4H3,(H2,17,18,19)/t10-/m1/s1. The van der Waals surface area contributed by atoms with Gasteiger partial charge in [-0.1, -0.05) is 27.4 Å². The van der Waals surface area contributed by atoms with E-state index in [1.54, 1.807) is 4.90 Å². The van der Waals surface area contributed by atoms with Gasteiger partial charge in [-0.15, -0.1) is 0 Å². The molecule has 0 spiro atoms. The highest BCUT2D eigenvalue weighted by atomic mass is 16.2. The zero-order valence-corrected chi connectivity index (χ0v) is 13.8. The number of carbonyl (C=O) groups excluding carboxylic acids is 1. The van der Waals surface area contributed by atoms with E-state index in [4.69, 9.17) is 10.8 Å². The van der Waals surface area contributed by atoms with Gasteiger partial charge in [0.2, 0.25) is 5.91 Å². The lowest BCUT2D eigenvalue weighted by atomic mass is 9.90. The smallest absolute Gasteiger partial charge is 0.246 e. The fourth-order valence-electron chi connectivity index (χ4n) is 3.05. The largest absolute Gasteiger partial charge is 0.383 e. The summed E-state index contributed by atoms with van der Waals surface area (Å²) in [6.07, 6.45) is 3.65. The number of amides is 1. The molecule has 23 heavy (non-hydrogen) atoms. The number of anilines is 1. The molecule has 1 saturated heterocycles. The highest BCUT2D eigenvalue weighted by molar-refractivity contribution is 5.89. The molecular weight excluding hydrogens is 292 g/mol. The SMILES string of the molecule is C=CC(=O)N1CC[C@@H](n2nc(C(C)(C)C)c3c(N)ncnc32)C1. The first kappa shape index (κ1) is 15.5. The van der Waals surface area contributed by atoms with Gasteiger partial charge in [-0.2, -0.15) is 5.10 Å². The Labute approximate surface area is 135 Å². The lowest BCUT2D eigenvalue weighted by Gasteiger charge is -2.16. The molecular formula is C16H22N6O. The van der Waals surface area contributed by atoms with Gasteiger partial charge in [0.05, 0.1) is 17.1 Å². The minimum absolute atomic E-state index is 0.0471. The number of carbonyl (C=O) groups is 1. The van der Waals surface area contributed by atoms with Gasteiger partial charge in [-0.3, -0.25) is 4.79 Å². The summed E-state index contributed by atoms with van der Waals surface area (Å²) < 4.78 is 1.91. The van der Waals surface area contributed by atoms with Gasteiger partial charge >= 0.3 is 0 Å². The molecule has 1 fully saturated rings. The minimum Gasteiger partial charge on any atom is -0.383 e. The number of nitrogens with two attached hydrogens (primary N) is 1. The molecule has 7 heteroatoms. The van der Waals surface area contributed by atoms with Crippen LogP contribution in [-0.2, 0) is 10.2 Å². The predicted octanol–water partition coefficient (Wildman–Crippen LogP) is 1.67. The van der Waals surface area contributed by atoms with Gasteiger partial charge in [-0.05, 0) is 12.5 Å². The van der Waals surface area contributed by atoms with Gasteiger partial charge in [0.1, 0.15) is 12.1 Å². The fraction of sp³-hybridized carbons (Fsp3) is 0.500. The van der Waals surface area contributed by atoms with Crippen LogP contribution in [0.15, 0.2) is 19.0 Å². The topological polar surface area (TPSA) is 89.9 Å². The zero-order valence-electron chi connectivity index (χ0n) is 13.8. The lowest BCUT2D eigenvalue weighted by molar-refractivity contribution is -0.125. The zero-order chi connectivity index (χ0) is 16.8. The number of nitrogen functional groups attached to an aromatic ring is 1. The summed E-state index contributed by atoms with van der Waals surface area (Å²) in [5.41, 5.74) is 7.54. The number of likely N-dealkylation sites (tertiary alicyclic amines) is 1. The molecule has 122 valence electrons. The van der Waals surface area contributed by atoms with Gasteiger partial charge < -0.3 is 10.6 Å². The van der Waals surface area contributed by atoms with Crippen molar-refractivity contribution in [3.8, 4) is 0 Å². The normalized spacial score (nSPS) is 18.6. The second kappa shape index (κ2) is 5.33. The Morgan fingerprint density at radius 1 is 1.43 bits per heavy atom. The van der Waals surface area contributed by atoms with E-state index in [1.807, 2.05) is 4.68 Å². The highest BCUT2D eigenvalue weighted by Crippen LogP contribution is 2.34. The lowest BCUT2D eigenvalue weighted by Crippen LogP contribution is -2.27. The fourth-order valence-corrected chi connectivity index (χ4v) is 3.05. The van der Waals surface area contributed by atoms with Crippen LogP contribution in [-0.4, -0.2) is 43.6 Å². The van der Waals surface area contributed by atoms with Crippen LogP contribution in [0.4, 0.5) is 5.82 Å². The summed E-state index contributed by atoms with van der Waals surface area (Å²) in [6, 6.07) is 0.0896. The van der Waals surface area contributed by atoms with E-state index >= 15 is 0 Å². The van der Waals surface area contributed by atoms with E-state index in [-0.39, 0.29) is 17.4 Å². The molecule has 0 saturated carbocycles. The summed E-state index contributed by atoms with van der Waals surface area (Å²) in [5.74, 6) is 0.400. The molecule has 1 aliphatic heterocycles. The number of rotatable bonds is 2. The maximum atomic E-state index is 11.8. The molecule has 0 bridgehead atoms. The molecule has 1 atom stereocenters. The molecule has 0 radical (unpaired) electrons. The number of nitrogens with zero attached hydrogens (tertiary/aromatic N) is 5. The van der Waals surface area contributed by atoms with Crippen LogP contribution in [0.2, 0.25) is 0 Å². The van der Waals surface area contributed by atoms with Crippen LogP contribution in [0.1, 0.15) is 38.9 Å². The molecule has 7 nitrogen and oxygen atoms in total. The van der Waals surface area contributed by atoms with E-state index in [0.717, 1.165) is 23.1 Å². The molecule has 1 aliphatic rings. The molecule has 0 aromatic carbocycles. The maximum Gasteiger partial charge on any atom is 0.246 e. The van der Waals surface area contributed by atoms with Crippen LogP contribution >= 0.6 is 0 Å². The third-order valence-corrected chi connectivity index (χ3v) is 4.22. The predicted molar refractivity (Wildman–Crippen MR) is 88.9 cm³/mol. The van der Waals surface area contributed by atoms with Crippen molar-refractivity contribution in [3.05, 3.63) is 24.7 Å². The van der Waals surface area contributed by atoms with Crippen molar-refractivity contribution in [3.63, 3.8) is 0 Å². The molecule has 2 aromatic rings. The Hall–Kier alpha value is -2.44. The Morgan fingerprint density at radius 3 is 2.83 bits per heavy atom. The average Bonchev–Trinajstić information content (AvgIpc) is 3.10. The Bertz CT molecular complexity index is 773. The third-order valence-electron chi connectivity index (χ3n) is 4.22.